The van der Waals surface area contributed by atoms with Crippen molar-refractivity contribution < 1.29 is 17.9 Å². The third-order valence-electron chi connectivity index (χ3n) is 4.02. The van der Waals surface area contributed by atoms with Gasteiger partial charge in [0.15, 0.2) is 9.84 Å². The number of benzene rings is 1. The molecule has 2 aliphatic heterocycles. The van der Waals surface area contributed by atoms with Crippen LogP contribution >= 0.6 is 0 Å². The molecule has 6 nitrogen and oxygen atoms in total. The maximum absolute atomic E-state index is 12.1. The van der Waals surface area contributed by atoms with Gasteiger partial charge in [-0.15, -0.1) is 0 Å². The first-order chi connectivity index (χ1) is 10.00. The fourth-order valence-corrected chi connectivity index (χ4v) is 4.73. The zero-order valence-electron chi connectivity index (χ0n) is 11.8. The van der Waals surface area contributed by atoms with E-state index in [1.54, 1.807) is 12.0 Å². The first-order valence-electron chi connectivity index (χ1n) is 6.89. The number of sulfone groups is 1. The number of ether oxygens (including phenoxy) is 1. The van der Waals surface area contributed by atoms with Crippen LogP contribution < -0.4 is 10.1 Å². The monoisotopic (exact) mass is 310 g/mol. The number of rotatable bonds is 3. The molecule has 2 aliphatic rings. The van der Waals surface area contributed by atoms with Gasteiger partial charge in [-0.25, -0.2) is 8.42 Å². The molecule has 0 aliphatic carbocycles. The maximum atomic E-state index is 12.1. The Bertz CT molecular complexity index is 659. The average molecular weight is 310 g/mol. The number of hydrogen-bond acceptors (Lipinski definition) is 5. The predicted octanol–water partition coefficient (Wildman–Crippen LogP) is 0.313. The van der Waals surface area contributed by atoms with E-state index in [1.807, 2.05) is 24.3 Å². The van der Waals surface area contributed by atoms with E-state index in [0.29, 0.717) is 12.2 Å². The second-order valence-electron chi connectivity index (χ2n) is 5.42. The molecule has 2 saturated heterocycles. The van der Waals surface area contributed by atoms with Crippen LogP contribution in [0.1, 0.15) is 18.2 Å². The average Bonchev–Trinajstić information content (AvgIpc) is 3.01. The van der Waals surface area contributed by atoms with Crippen molar-refractivity contribution in [3.63, 3.8) is 0 Å². The van der Waals surface area contributed by atoms with Crippen LogP contribution in [0.4, 0.5) is 0 Å². The van der Waals surface area contributed by atoms with Crippen molar-refractivity contribution >= 4 is 15.7 Å². The number of carbonyl (C=O) groups excluding carboxylic acids is 1. The summed E-state index contributed by atoms with van der Waals surface area (Å²) < 4.78 is 28.5. The summed E-state index contributed by atoms with van der Waals surface area (Å²) in [5.41, 5.74) is 0.907. The number of nitrogens with zero attached hydrogens (tertiary/aromatic N) is 1. The van der Waals surface area contributed by atoms with Gasteiger partial charge in [0, 0.05) is 6.04 Å². The number of hydrogen-bond donors (Lipinski definition) is 1. The molecule has 0 saturated carbocycles. The largest absolute Gasteiger partial charge is 0.497 e. The molecule has 2 unspecified atom stereocenters. The van der Waals surface area contributed by atoms with Gasteiger partial charge in [0.05, 0.1) is 25.2 Å². The Morgan fingerprint density at radius 1 is 1.38 bits per heavy atom. The highest BCUT2D eigenvalue weighted by Crippen LogP contribution is 2.31. The minimum atomic E-state index is -3.02. The number of carbonyl (C=O) groups is 1. The van der Waals surface area contributed by atoms with E-state index in [-0.39, 0.29) is 36.2 Å². The van der Waals surface area contributed by atoms with E-state index in [0.717, 1.165) is 5.56 Å². The summed E-state index contributed by atoms with van der Waals surface area (Å²) in [7, 11) is -1.43. The number of methoxy groups -OCH3 is 1. The molecule has 2 heterocycles. The van der Waals surface area contributed by atoms with E-state index in [9.17, 15) is 13.2 Å². The van der Waals surface area contributed by atoms with Crippen LogP contribution in [0, 0.1) is 0 Å². The zero-order valence-corrected chi connectivity index (χ0v) is 12.6. The summed E-state index contributed by atoms with van der Waals surface area (Å²) in [4.78, 5) is 13.8. The topological polar surface area (TPSA) is 75.7 Å². The van der Waals surface area contributed by atoms with E-state index in [4.69, 9.17) is 4.74 Å². The molecule has 7 heteroatoms. The van der Waals surface area contributed by atoms with Crippen LogP contribution in [0.5, 0.6) is 5.75 Å². The molecule has 0 bridgehead atoms. The van der Waals surface area contributed by atoms with Crippen molar-refractivity contribution in [2.45, 2.75) is 18.6 Å². The third kappa shape index (κ3) is 2.75. The quantitative estimate of drug-likeness (QED) is 0.870. The standard InChI is InChI=1S/C14H18N2O4S/c1-20-12-4-2-3-10(7-12)14-15-8-13(17)16(14)11-5-6-21(18,19)9-11/h2-4,7,11,14-15H,5-6,8-9H2,1H3. The van der Waals surface area contributed by atoms with Gasteiger partial charge in [-0.1, -0.05) is 12.1 Å². The summed E-state index contributed by atoms with van der Waals surface area (Å²) in [6.45, 7) is 0.235. The van der Waals surface area contributed by atoms with Crippen LogP contribution in [-0.2, 0) is 14.6 Å². The Morgan fingerprint density at radius 2 is 2.19 bits per heavy atom. The Labute approximate surface area is 124 Å². The van der Waals surface area contributed by atoms with Gasteiger partial charge in [0.25, 0.3) is 0 Å². The van der Waals surface area contributed by atoms with Crippen molar-refractivity contribution in [1.29, 1.82) is 0 Å². The third-order valence-corrected chi connectivity index (χ3v) is 5.77. The second kappa shape index (κ2) is 5.31. The highest BCUT2D eigenvalue weighted by atomic mass is 32.2. The predicted molar refractivity (Wildman–Crippen MR) is 77.6 cm³/mol. The zero-order chi connectivity index (χ0) is 15.0. The fourth-order valence-electron chi connectivity index (χ4n) is 3.02. The van der Waals surface area contributed by atoms with Gasteiger partial charge >= 0.3 is 0 Å². The molecular formula is C14H18N2O4S. The Hall–Kier alpha value is -1.60. The highest BCUT2D eigenvalue weighted by Gasteiger charge is 2.41. The van der Waals surface area contributed by atoms with E-state index in [2.05, 4.69) is 5.32 Å². The van der Waals surface area contributed by atoms with Crippen molar-refractivity contribution in [1.82, 2.24) is 10.2 Å². The Kier molecular flexibility index (Phi) is 3.62. The van der Waals surface area contributed by atoms with Crippen molar-refractivity contribution in [3.8, 4) is 5.75 Å². The van der Waals surface area contributed by atoms with Gasteiger partial charge in [-0.2, -0.15) is 0 Å². The summed E-state index contributed by atoms with van der Waals surface area (Å²) >= 11 is 0. The maximum Gasteiger partial charge on any atom is 0.238 e. The van der Waals surface area contributed by atoms with E-state index in [1.165, 1.54) is 0 Å². The summed E-state index contributed by atoms with van der Waals surface area (Å²) in [5.74, 6) is 0.880. The number of nitrogens with one attached hydrogen (secondary N) is 1. The van der Waals surface area contributed by atoms with Crippen LogP contribution in [0.3, 0.4) is 0 Å². The molecule has 1 amide bonds. The SMILES string of the molecule is COc1cccc(C2NCC(=O)N2C2CCS(=O)(=O)C2)c1. The molecular weight excluding hydrogens is 292 g/mol. The van der Waals surface area contributed by atoms with Gasteiger partial charge in [-0.3, -0.25) is 10.1 Å². The molecule has 0 aromatic heterocycles. The highest BCUT2D eigenvalue weighted by molar-refractivity contribution is 7.91. The van der Waals surface area contributed by atoms with E-state index < -0.39 is 9.84 Å². The first-order valence-corrected chi connectivity index (χ1v) is 8.71. The lowest BCUT2D eigenvalue weighted by Crippen LogP contribution is -2.40. The minimum Gasteiger partial charge on any atom is -0.497 e. The lowest BCUT2D eigenvalue weighted by atomic mass is 10.1. The summed E-state index contributed by atoms with van der Waals surface area (Å²) in [6, 6.07) is 7.24. The van der Waals surface area contributed by atoms with Crippen LogP contribution in [0.25, 0.3) is 0 Å². The normalized spacial score (nSPS) is 28.0. The Balaban J connectivity index is 1.89. The second-order valence-corrected chi connectivity index (χ2v) is 7.65. The molecule has 1 N–H and O–H groups in total. The summed E-state index contributed by atoms with van der Waals surface area (Å²) in [6.07, 6.45) is 0.224. The molecule has 0 radical (unpaired) electrons. The molecule has 3 rings (SSSR count). The van der Waals surface area contributed by atoms with Crippen LogP contribution in [0.15, 0.2) is 24.3 Å². The molecule has 0 spiro atoms. The smallest absolute Gasteiger partial charge is 0.238 e. The van der Waals surface area contributed by atoms with Crippen molar-refractivity contribution in [2.75, 3.05) is 25.2 Å². The van der Waals surface area contributed by atoms with E-state index >= 15 is 0 Å². The fraction of sp³-hybridized carbons (Fsp3) is 0.500. The first kappa shape index (κ1) is 14.3. The summed E-state index contributed by atoms with van der Waals surface area (Å²) in [5, 5.41) is 3.15. The molecule has 21 heavy (non-hydrogen) atoms. The van der Waals surface area contributed by atoms with Gasteiger partial charge in [-0.05, 0) is 24.1 Å². The minimum absolute atomic E-state index is 0.0510. The number of amides is 1. The van der Waals surface area contributed by atoms with Crippen molar-refractivity contribution in [3.05, 3.63) is 29.8 Å². The molecule has 114 valence electrons. The molecule has 2 atom stereocenters. The molecule has 1 aromatic rings. The molecule has 1 aromatic carbocycles. The molecule has 2 fully saturated rings. The Morgan fingerprint density at radius 3 is 2.86 bits per heavy atom. The van der Waals surface area contributed by atoms with Crippen LogP contribution in [-0.4, -0.2) is 50.4 Å². The van der Waals surface area contributed by atoms with Gasteiger partial charge < -0.3 is 9.64 Å². The van der Waals surface area contributed by atoms with Crippen LogP contribution in [0.2, 0.25) is 0 Å². The lowest BCUT2D eigenvalue weighted by Gasteiger charge is -2.29. The van der Waals surface area contributed by atoms with Gasteiger partial charge in [0.1, 0.15) is 11.9 Å². The van der Waals surface area contributed by atoms with Crippen molar-refractivity contribution in [2.24, 2.45) is 0 Å². The lowest BCUT2D eigenvalue weighted by molar-refractivity contribution is -0.129. The van der Waals surface area contributed by atoms with Gasteiger partial charge in [0.2, 0.25) is 5.91 Å².